The molecule has 0 radical (unpaired) electrons. The predicted octanol–water partition coefficient (Wildman–Crippen LogP) is 1.65. The largest absolute Gasteiger partial charge is 0.545 e. The Morgan fingerprint density at radius 3 is 2.22 bits per heavy atom. The molecule has 2 N–H and O–H groups in total. The molecular formula is C19H13N2O6-. The number of amides is 2. The van der Waals surface area contributed by atoms with Crippen LogP contribution in [0.2, 0.25) is 0 Å². The first-order valence-electron chi connectivity index (χ1n) is 7.76. The summed E-state index contributed by atoms with van der Waals surface area (Å²) >= 11 is 0. The van der Waals surface area contributed by atoms with Crippen molar-refractivity contribution in [1.29, 1.82) is 0 Å². The fourth-order valence-electron chi connectivity index (χ4n) is 2.15. The van der Waals surface area contributed by atoms with Crippen LogP contribution < -0.4 is 15.7 Å². The summed E-state index contributed by atoms with van der Waals surface area (Å²) in [7, 11) is 0. The number of carbonyl (C=O) groups excluding carboxylic acids is 3. The highest BCUT2D eigenvalue weighted by atomic mass is 16.4. The van der Waals surface area contributed by atoms with Gasteiger partial charge >= 0.3 is 0 Å². The van der Waals surface area contributed by atoms with Crippen LogP contribution in [0.5, 0.6) is 0 Å². The molecule has 0 saturated carbocycles. The maximum atomic E-state index is 12.6. The standard InChI is InChI=1S/C19H14N2O6/c22-17(20-13-7-5-12(6-8-13)19(24)25)15(11-14-3-1-9-26-14)21-18(23)16-4-2-10-27-16/h1-11H,(H,20,22)(H,21,23)(H,24,25)/p-1/b15-11+. The summed E-state index contributed by atoms with van der Waals surface area (Å²) in [6.07, 6.45) is 4.11. The van der Waals surface area contributed by atoms with Crippen molar-refractivity contribution in [2.45, 2.75) is 0 Å². The van der Waals surface area contributed by atoms with Gasteiger partial charge in [0.05, 0.1) is 18.5 Å². The number of hydrogen-bond acceptors (Lipinski definition) is 6. The average Bonchev–Trinajstić information content (AvgIpc) is 3.35. The third-order valence-corrected chi connectivity index (χ3v) is 3.45. The van der Waals surface area contributed by atoms with Gasteiger partial charge < -0.3 is 29.4 Å². The van der Waals surface area contributed by atoms with Crippen LogP contribution >= 0.6 is 0 Å². The van der Waals surface area contributed by atoms with E-state index in [0.717, 1.165) is 0 Å². The molecule has 0 atom stereocenters. The van der Waals surface area contributed by atoms with Crippen LogP contribution in [0.4, 0.5) is 5.69 Å². The number of furan rings is 2. The van der Waals surface area contributed by atoms with Crippen LogP contribution in [0.15, 0.2) is 75.6 Å². The van der Waals surface area contributed by atoms with Gasteiger partial charge in [0.1, 0.15) is 11.5 Å². The van der Waals surface area contributed by atoms with E-state index >= 15 is 0 Å². The molecule has 0 aliphatic rings. The molecule has 8 heteroatoms. The summed E-state index contributed by atoms with van der Waals surface area (Å²) in [5.74, 6) is -2.18. The number of carboxylic acid groups (broad SMARTS) is 1. The van der Waals surface area contributed by atoms with E-state index in [-0.39, 0.29) is 17.0 Å². The van der Waals surface area contributed by atoms with Crippen molar-refractivity contribution in [2.24, 2.45) is 0 Å². The van der Waals surface area contributed by atoms with Crippen LogP contribution in [0.3, 0.4) is 0 Å². The van der Waals surface area contributed by atoms with Crippen molar-refractivity contribution in [2.75, 3.05) is 5.32 Å². The highest BCUT2D eigenvalue weighted by Gasteiger charge is 2.17. The van der Waals surface area contributed by atoms with E-state index in [0.29, 0.717) is 11.4 Å². The lowest BCUT2D eigenvalue weighted by Crippen LogP contribution is -2.30. The minimum Gasteiger partial charge on any atom is -0.545 e. The van der Waals surface area contributed by atoms with Gasteiger partial charge in [-0.3, -0.25) is 9.59 Å². The van der Waals surface area contributed by atoms with Crippen molar-refractivity contribution in [3.63, 3.8) is 0 Å². The molecule has 0 bridgehead atoms. The molecule has 1 aromatic carbocycles. The summed E-state index contributed by atoms with van der Waals surface area (Å²) in [4.78, 5) is 35.5. The van der Waals surface area contributed by atoms with Gasteiger partial charge in [-0.1, -0.05) is 12.1 Å². The van der Waals surface area contributed by atoms with E-state index in [2.05, 4.69) is 10.6 Å². The first kappa shape index (κ1) is 17.7. The molecule has 2 aromatic heterocycles. The maximum absolute atomic E-state index is 12.6. The van der Waals surface area contributed by atoms with Gasteiger partial charge in [0.15, 0.2) is 5.76 Å². The predicted molar refractivity (Wildman–Crippen MR) is 92.3 cm³/mol. The van der Waals surface area contributed by atoms with Crippen LogP contribution in [0.1, 0.15) is 26.7 Å². The highest BCUT2D eigenvalue weighted by Crippen LogP contribution is 2.13. The molecule has 0 saturated heterocycles. The van der Waals surface area contributed by atoms with Crippen LogP contribution in [0.25, 0.3) is 6.08 Å². The van der Waals surface area contributed by atoms with E-state index in [1.54, 1.807) is 18.2 Å². The third kappa shape index (κ3) is 4.51. The summed E-state index contributed by atoms with van der Waals surface area (Å²) in [6, 6.07) is 11.6. The molecule has 27 heavy (non-hydrogen) atoms. The summed E-state index contributed by atoms with van der Waals surface area (Å²) < 4.78 is 10.2. The number of nitrogens with one attached hydrogen (secondary N) is 2. The van der Waals surface area contributed by atoms with Crippen LogP contribution in [-0.4, -0.2) is 17.8 Å². The number of carbonyl (C=O) groups is 3. The van der Waals surface area contributed by atoms with Crippen molar-refractivity contribution in [3.05, 3.63) is 83.8 Å². The molecule has 136 valence electrons. The Bertz CT molecular complexity index is 970. The molecule has 2 amide bonds. The molecule has 0 spiro atoms. The minimum atomic E-state index is -1.32. The Morgan fingerprint density at radius 2 is 1.63 bits per heavy atom. The van der Waals surface area contributed by atoms with Gasteiger partial charge in [-0.15, -0.1) is 0 Å². The van der Waals surface area contributed by atoms with Gasteiger partial charge in [0, 0.05) is 11.8 Å². The lowest BCUT2D eigenvalue weighted by Gasteiger charge is -2.10. The van der Waals surface area contributed by atoms with Crippen molar-refractivity contribution < 1.29 is 28.3 Å². The second-order valence-electron chi connectivity index (χ2n) is 5.32. The molecule has 3 rings (SSSR count). The topological polar surface area (TPSA) is 125 Å². The maximum Gasteiger partial charge on any atom is 0.291 e. The van der Waals surface area contributed by atoms with E-state index in [1.807, 2.05) is 0 Å². The number of benzene rings is 1. The lowest BCUT2D eigenvalue weighted by atomic mass is 10.2. The minimum absolute atomic E-state index is 0.0227. The molecule has 0 fully saturated rings. The van der Waals surface area contributed by atoms with Crippen LogP contribution in [-0.2, 0) is 4.79 Å². The van der Waals surface area contributed by atoms with Gasteiger partial charge in [0.25, 0.3) is 11.8 Å². The van der Waals surface area contributed by atoms with Gasteiger partial charge in [0.2, 0.25) is 0 Å². The van der Waals surface area contributed by atoms with Gasteiger partial charge in [-0.05, 0) is 42.0 Å². The van der Waals surface area contributed by atoms with E-state index in [4.69, 9.17) is 8.83 Å². The lowest BCUT2D eigenvalue weighted by molar-refractivity contribution is -0.255. The van der Waals surface area contributed by atoms with Crippen molar-refractivity contribution in [3.8, 4) is 0 Å². The third-order valence-electron chi connectivity index (χ3n) is 3.45. The number of hydrogen-bond donors (Lipinski definition) is 2. The molecule has 8 nitrogen and oxygen atoms in total. The average molecular weight is 365 g/mol. The second-order valence-corrected chi connectivity index (χ2v) is 5.32. The first-order chi connectivity index (χ1) is 13.0. The first-order valence-corrected chi connectivity index (χ1v) is 7.76. The quantitative estimate of drug-likeness (QED) is 0.640. The molecular weight excluding hydrogens is 352 g/mol. The molecule has 0 unspecified atom stereocenters. The van der Waals surface area contributed by atoms with Crippen molar-refractivity contribution >= 4 is 29.5 Å². The second kappa shape index (κ2) is 7.87. The zero-order valence-corrected chi connectivity index (χ0v) is 13.8. The van der Waals surface area contributed by atoms with E-state index in [1.165, 1.54) is 48.9 Å². The highest BCUT2D eigenvalue weighted by molar-refractivity contribution is 6.10. The smallest absolute Gasteiger partial charge is 0.291 e. The van der Waals surface area contributed by atoms with Gasteiger partial charge in [-0.2, -0.15) is 0 Å². The van der Waals surface area contributed by atoms with E-state index in [9.17, 15) is 19.5 Å². The zero-order chi connectivity index (χ0) is 19.2. The molecule has 0 aliphatic carbocycles. The van der Waals surface area contributed by atoms with Crippen LogP contribution in [0, 0.1) is 0 Å². The molecule has 3 aromatic rings. The number of anilines is 1. The fourth-order valence-corrected chi connectivity index (χ4v) is 2.15. The zero-order valence-electron chi connectivity index (χ0n) is 13.8. The summed E-state index contributed by atoms with van der Waals surface area (Å²) in [5, 5.41) is 15.8. The Kier molecular flexibility index (Phi) is 5.17. The normalized spacial score (nSPS) is 11.0. The summed E-state index contributed by atoms with van der Waals surface area (Å²) in [5.41, 5.74) is 0.225. The Morgan fingerprint density at radius 1 is 0.926 bits per heavy atom. The summed E-state index contributed by atoms with van der Waals surface area (Å²) in [6.45, 7) is 0. The fraction of sp³-hybridized carbons (Fsp3) is 0. The van der Waals surface area contributed by atoms with Gasteiger partial charge in [-0.25, -0.2) is 0 Å². The van der Waals surface area contributed by atoms with Crippen molar-refractivity contribution in [1.82, 2.24) is 5.32 Å². The number of carboxylic acids is 1. The Labute approximate surface area is 153 Å². The monoisotopic (exact) mass is 365 g/mol. The Hall–Kier alpha value is -4.07. The van der Waals surface area contributed by atoms with E-state index < -0.39 is 17.8 Å². The SMILES string of the molecule is O=C(Nc1ccc(C(=O)[O-])cc1)/C(=C\c1ccco1)NC(=O)c1ccco1. The Balaban J connectivity index is 1.80. The number of rotatable bonds is 6. The molecule has 0 aliphatic heterocycles. The number of aromatic carboxylic acids is 1. The molecule has 2 heterocycles.